The van der Waals surface area contributed by atoms with Crippen LogP contribution in [0.2, 0.25) is 0 Å². The van der Waals surface area contributed by atoms with E-state index < -0.39 is 0 Å². The minimum absolute atomic E-state index is 0.645. The molecule has 1 saturated carbocycles. The molecular weight excluding hydrogens is 307 g/mol. The first kappa shape index (κ1) is 14.8. The van der Waals surface area contributed by atoms with E-state index in [1.807, 2.05) is 0 Å². The van der Waals surface area contributed by atoms with Gasteiger partial charge in [0.15, 0.2) is 0 Å². The molecule has 0 aromatic carbocycles. The van der Waals surface area contributed by atoms with Crippen LogP contribution < -0.4 is 0 Å². The quantitative estimate of drug-likeness (QED) is 0.430. The number of alkyl halides is 1. The van der Waals surface area contributed by atoms with Crippen LogP contribution in [-0.2, 0) is 0 Å². The second kappa shape index (κ2) is 7.94. The maximum absolute atomic E-state index is 2.60. The summed E-state index contributed by atoms with van der Waals surface area (Å²) in [7, 11) is 0. The first-order chi connectivity index (χ1) is 7.70. The van der Waals surface area contributed by atoms with Crippen molar-refractivity contribution in [1.82, 2.24) is 0 Å². The van der Waals surface area contributed by atoms with Crippen molar-refractivity contribution in [3.05, 3.63) is 0 Å². The lowest BCUT2D eigenvalue weighted by atomic mass is 9.82. The molecule has 1 heteroatoms. The topological polar surface area (TPSA) is 0 Å². The van der Waals surface area contributed by atoms with Crippen molar-refractivity contribution in [2.24, 2.45) is 11.3 Å². The average molecular weight is 336 g/mol. The minimum atomic E-state index is 0.645. The molecule has 2 unspecified atom stereocenters. The Bertz CT molecular complexity index is 178. The molecule has 1 fully saturated rings. The van der Waals surface area contributed by atoms with E-state index in [2.05, 4.69) is 36.4 Å². The van der Waals surface area contributed by atoms with Gasteiger partial charge in [-0.3, -0.25) is 0 Å². The Morgan fingerprint density at radius 1 is 1.00 bits per heavy atom. The Morgan fingerprint density at radius 2 is 1.56 bits per heavy atom. The lowest BCUT2D eigenvalue weighted by Gasteiger charge is -2.27. The second-order valence-corrected chi connectivity index (χ2v) is 6.83. The fraction of sp³-hybridized carbons (Fsp3) is 1.00. The van der Waals surface area contributed by atoms with Gasteiger partial charge in [0.25, 0.3) is 0 Å². The highest BCUT2D eigenvalue weighted by Gasteiger charge is 2.22. The molecule has 0 saturated heterocycles. The van der Waals surface area contributed by atoms with Crippen molar-refractivity contribution in [2.75, 3.05) is 4.43 Å². The minimum Gasteiger partial charge on any atom is -0.0858 e. The molecule has 0 aliphatic heterocycles. The van der Waals surface area contributed by atoms with Gasteiger partial charge in [-0.05, 0) is 24.2 Å². The molecule has 96 valence electrons. The van der Waals surface area contributed by atoms with Gasteiger partial charge >= 0.3 is 0 Å². The van der Waals surface area contributed by atoms with Crippen LogP contribution >= 0.6 is 22.6 Å². The zero-order valence-electron chi connectivity index (χ0n) is 11.2. The van der Waals surface area contributed by atoms with Crippen LogP contribution in [0.25, 0.3) is 0 Å². The van der Waals surface area contributed by atoms with E-state index >= 15 is 0 Å². The molecule has 0 amide bonds. The van der Waals surface area contributed by atoms with Crippen molar-refractivity contribution in [2.45, 2.75) is 78.1 Å². The van der Waals surface area contributed by atoms with E-state index in [9.17, 15) is 0 Å². The van der Waals surface area contributed by atoms with Crippen molar-refractivity contribution < 1.29 is 0 Å². The number of rotatable bonds is 2. The SMILES string of the molecule is CCC1CCCCCC(C)(CI)CCCC1. The fourth-order valence-electron chi connectivity index (χ4n) is 2.96. The summed E-state index contributed by atoms with van der Waals surface area (Å²) in [5.41, 5.74) is 0.645. The Morgan fingerprint density at radius 3 is 2.12 bits per heavy atom. The summed E-state index contributed by atoms with van der Waals surface area (Å²) in [5.74, 6) is 1.03. The molecule has 0 radical (unpaired) electrons. The van der Waals surface area contributed by atoms with Crippen LogP contribution in [-0.4, -0.2) is 4.43 Å². The van der Waals surface area contributed by atoms with Crippen LogP contribution in [0.15, 0.2) is 0 Å². The number of halogens is 1. The Labute approximate surface area is 116 Å². The highest BCUT2D eigenvalue weighted by molar-refractivity contribution is 14.1. The molecule has 1 aliphatic rings. The van der Waals surface area contributed by atoms with Crippen molar-refractivity contribution in [3.63, 3.8) is 0 Å². The molecule has 0 N–H and O–H groups in total. The average Bonchev–Trinajstić information content (AvgIpc) is 2.34. The Hall–Kier alpha value is 0.730. The van der Waals surface area contributed by atoms with Crippen LogP contribution in [0.5, 0.6) is 0 Å². The van der Waals surface area contributed by atoms with E-state index in [-0.39, 0.29) is 0 Å². The predicted octanol–water partition coefficient (Wildman–Crippen LogP) is 5.98. The predicted molar refractivity (Wildman–Crippen MR) is 82.3 cm³/mol. The molecule has 0 aromatic rings. The third-order valence-electron chi connectivity index (χ3n) is 4.44. The lowest BCUT2D eigenvalue weighted by Crippen LogP contribution is -2.18. The molecule has 16 heavy (non-hydrogen) atoms. The summed E-state index contributed by atoms with van der Waals surface area (Å²) in [6.07, 6.45) is 14.7. The van der Waals surface area contributed by atoms with E-state index in [1.165, 1.54) is 68.6 Å². The van der Waals surface area contributed by atoms with Crippen molar-refractivity contribution >= 4 is 22.6 Å². The molecule has 2 atom stereocenters. The summed E-state index contributed by atoms with van der Waals surface area (Å²) >= 11 is 2.60. The number of hydrogen-bond donors (Lipinski definition) is 0. The fourth-order valence-corrected chi connectivity index (χ4v) is 3.72. The van der Waals surface area contributed by atoms with Crippen molar-refractivity contribution in [1.29, 1.82) is 0 Å². The summed E-state index contributed by atoms with van der Waals surface area (Å²) in [4.78, 5) is 0. The molecular formula is C15H29I. The molecule has 1 aliphatic carbocycles. The molecule has 0 heterocycles. The highest BCUT2D eigenvalue weighted by Crippen LogP contribution is 2.35. The normalized spacial score (nSPS) is 34.3. The summed E-state index contributed by atoms with van der Waals surface area (Å²) in [6.45, 7) is 4.88. The summed E-state index contributed by atoms with van der Waals surface area (Å²) in [6, 6.07) is 0. The standard InChI is InChI=1S/C15H29I/c1-3-14-9-5-4-7-11-15(2,13-16)12-8-6-10-14/h14H,3-13H2,1-2H3. The molecule has 0 spiro atoms. The number of hydrogen-bond acceptors (Lipinski definition) is 0. The zero-order chi connectivity index (χ0) is 11.9. The van der Waals surface area contributed by atoms with Gasteiger partial charge in [0.2, 0.25) is 0 Å². The van der Waals surface area contributed by atoms with E-state index in [0.29, 0.717) is 5.41 Å². The first-order valence-corrected chi connectivity index (χ1v) is 8.79. The first-order valence-electron chi connectivity index (χ1n) is 7.26. The van der Waals surface area contributed by atoms with Crippen molar-refractivity contribution in [3.8, 4) is 0 Å². The smallest absolute Gasteiger partial charge is 0.00493 e. The van der Waals surface area contributed by atoms with Crippen LogP contribution in [0, 0.1) is 11.3 Å². The summed E-state index contributed by atoms with van der Waals surface area (Å²) in [5, 5.41) is 0. The zero-order valence-corrected chi connectivity index (χ0v) is 13.4. The van der Waals surface area contributed by atoms with Gasteiger partial charge in [0, 0.05) is 4.43 Å². The largest absolute Gasteiger partial charge is 0.0858 e. The maximum atomic E-state index is 2.60. The molecule has 0 nitrogen and oxygen atoms in total. The van der Waals surface area contributed by atoms with Gasteiger partial charge in [-0.25, -0.2) is 0 Å². The molecule has 0 bridgehead atoms. The summed E-state index contributed by atoms with van der Waals surface area (Å²) < 4.78 is 1.35. The van der Waals surface area contributed by atoms with Gasteiger partial charge in [-0.1, -0.05) is 87.8 Å². The Kier molecular flexibility index (Phi) is 7.34. The monoisotopic (exact) mass is 336 g/mol. The molecule has 1 rings (SSSR count). The van der Waals surface area contributed by atoms with E-state index in [1.54, 1.807) is 0 Å². The van der Waals surface area contributed by atoms with Gasteiger partial charge in [0.1, 0.15) is 0 Å². The third-order valence-corrected chi connectivity index (χ3v) is 6.28. The van der Waals surface area contributed by atoms with E-state index in [4.69, 9.17) is 0 Å². The van der Waals surface area contributed by atoms with Gasteiger partial charge in [-0.2, -0.15) is 0 Å². The van der Waals surface area contributed by atoms with Crippen LogP contribution in [0.4, 0.5) is 0 Å². The van der Waals surface area contributed by atoms with Gasteiger partial charge in [0.05, 0.1) is 0 Å². The highest BCUT2D eigenvalue weighted by atomic mass is 127. The second-order valence-electron chi connectivity index (χ2n) is 6.06. The maximum Gasteiger partial charge on any atom is 0.00493 e. The lowest BCUT2D eigenvalue weighted by molar-refractivity contribution is 0.298. The van der Waals surface area contributed by atoms with Gasteiger partial charge in [-0.15, -0.1) is 0 Å². The van der Waals surface area contributed by atoms with Gasteiger partial charge < -0.3 is 0 Å². The van der Waals surface area contributed by atoms with Crippen LogP contribution in [0.3, 0.4) is 0 Å². The molecule has 0 aromatic heterocycles. The third kappa shape index (κ3) is 5.37. The van der Waals surface area contributed by atoms with Crippen LogP contribution in [0.1, 0.15) is 78.1 Å². The Balaban J connectivity index is 2.42. The van der Waals surface area contributed by atoms with E-state index in [0.717, 1.165) is 5.92 Å².